The molecule has 24 heavy (non-hydrogen) atoms. The van der Waals surface area contributed by atoms with Crippen molar-refractivity contribution in [1.82, 2.24) is 0 Å². The van der Waals surface area contributed by atoms with E-state index in [1.165, 1.54) is 12.1 Å². The Hall–Kier alpha value is -2.62. The zero-order chi connectivity index (χ0) is 16.9. The highest BCUT2D eigenvalue weighted by atomic mass is 19.1. The highest BCUT2D eigenvalue weighted by molar-refractivity contribution is 5.98. The number of nitrogens with zero attached hydrogens (tertiary/aromatic N) is 1. The number of carbonyl (C=O) groups is 1. The standard InChI is InChI=1S/C20H20FNO2/c1-24-19-8-3-2-7-18(19)22-14-13-16(20(22)23)6-4-5-15-9-11-17(21)12-10-15/h2-5,7-12,16H,6,13-14H2,1H3. The van der Waals surface area contributed by atoms with Gasteiger partial charge in [-0.25, -0.2) is 4.39 Å². The lowest BCUT2D eigenvalue weighted by Gasteiger charge is -2.19. The number of rotatable bonds is 5. The van der Waals surface area contributed by atoms with Gasteiger partial charge in [-0.1, -0.05) is 36.4 Å². The minimum atomic E-state index is -0.245. The number of benzene rings is 2. The number of anilines is 1. The van der Waals surface area contributed by atoms with Gasteiger partial charge < -0.3 is 9.64 Å². The molecule has 1 aliphatic heterocycles. The van der Waals surface area contributed by atoms with Crippen LogP contribution in [-0.2, 0) is 4.79 Å². The molecule has 2 aromatic rings. The van der Waals surface area contributed by atoms with Gasteiger partial charge in [-0.2, -0.15) is 0 Å². The van der Waals surface area contributed by atoms with Crippen molar-refractivity contribution in [1.29, 1.82) is 0 Å². The Labute approximate surface area is 141 Å². The summed E-state index contributed by atoms with van der Waals surface area (Å²) in [5.41, 5.74) is 1.76. The number of amides is 1. The molecule has 2 aromatic carbocycles. The van der Waals surface area contributed by atoms with Crippen LogP contribution in [-0.4, -0.2) is 19.6 Å². The summed E-state index contributed by atoms with van der Waals surface area (Å²) in [5.74, 6) is 0.578. The van der Waals surface area contributed by atoms with Crippen molar-refractivity contribution in [2.75, 3.05) is 18.6 Å². The molecular weight excluding hydrogens is 305 g/mol. The average molecular weight is 325 g/mol. The van der Waals surface area contributed by atoms with Crippen LogP contribution in [0.4, 0.5) is 10.1 Å². The first-order chi connectivity index (χ1) is 11.7. The summed E-state index contributed by atoms with van der Waals surface area (Å²) >= 11 is 0. The Morgan fingerprint density at radius 1 is 1.21 bits per heavy atom. The molecule has 4 heteroatoms. The lowest BCUT2D eigenvalue weighted by molar-refractivity contribution is -0.120. The molecule has 0 saturated carbocycles. The normalized spacial score (nSPS) is 17.7. The second kappa shape index (κ2) is 7.30. The maximum atomic E-state index is 12.9. The fraction of sp³-hybridized carbons (Fsp3) is 0.250. The predicted octanol–water partition coefficient (Wildman–Crippen LogP) is 4.29. The Morgan fingerprint density at radius 3 is 2.71 bits per heavy atom. The van der Waals surface area contributed by atoms with Crippen LogP contribution >= 0.6 is 0 Å². The Bertz CT molecular complexity index is 740. The molecule has 0 bridgehead atoms. The Kier molecular flexibility index (Phi) is 4.94. The van der Waals surface area contributed by atoms with Gasteiger partial charge in [0.05, 0.1) is 12.8 Å². The number of ether oxygens (including phenoxy) is 1. The van der Waals surface area contributed by atoms with Crippen LogP contribution in [0.1, 0.15) is 18.4 Å². The van der Waals surface area contributed by atoms with Gasteiger partial charge in [-0.15, -0.1) is 0 Å². The molecule has 1 fully saturated rings. The molecule has 124 valence electrons. The SMILES string of the molecule is COc1ccccc1N1CCC(CC=Cc2ccc(F)cc2)C1=O. The molecule has 0 radical (unpaired) electrons. The maximum Gasteiger partial charge on any atom is 0.230 e. The van der Waals surface area contributed by atoms with Gasteiger partial charge in [-0.3, -0.25) is 4.79 Å². The molecule has 1 heterocycles. The largest absolute Gasteiger partial charge is 0.495 e. The number of halogens is 1. The number of allylic oxidation sites excluding steroid dienone is 1. The van der Waals surface area contributed by atoms with Gasteiger partial charge in [-0.05, 0) is 42.7 Å². The van der Waals surface area contributed by atoms with Gasteiger partial charge in [0.25, 0.3) is 0 Å². The minimum absolute atomic E-state index is 0.0217. The van der Waals surface area contributed by atoms with E-state index in [4.69, 9.17) is 4.74 Å². The average Bonchev–Trinajstić information content (AvgIpc) is 2.97. The third-order valence-electron chi connectivity index (χ3n) is 4.29. The summed E-state index contributed by atoms with van der Waals surface area (Å²) in [7, 11) is 1.61. The maximum absolute atomic E-state index is 12.9. The predicted molar refractivity (Wildman–Crippen MR) is 93.5 cm³/mol. The van der Waals surface area contributed by atoms with Crippen LogP contribution in [0.25, 0.3) is 6.08 Å². The van der Waals surface area contributed by atoms with E-state index in [0.717, 1.165) is 17.7 Å². The molecule has 3 rings (SSSR count). The number of methoxy groups -OCH3 is 1. The van der Waals surface area contributed by atoms with E-state index in [1.807, 2.05) is 36.4 Å². The van der Waals surface area contributed by atoms with Crippen LogP contribution in [0, 0.1) is 11.7 Å². The summed E-state index contributed by atoms with van der Waals surface area (Å²) in [6.45, 7) is 0.703. The number of para-hydroxylation sites is 2. The molecule has 1 saturated heterocycles. The second-order valence-corrected chi connectivity index (χ2v) is 5.84. The molecule has 0 spiro atoms. The van der Waals surface area contributed by atoms with Crippen molar-refractivity contribution < 1.29 is 13.9 Å². The zero-order valence-corrected chi connectivity index (χ0v) is 13.6. The molecule has 0 aromatic heterocycles. The van der Waals surface area contributed by atoms with E-state index in [9.17, 15) is 9.18 Å². The molecule has 3 nitrogen and oxygen atoms in total. The monoisotopic (exact) mass is 325 g/mol. The molecule has 1 amide bonds. The molecule has 1 atom stereocenters. The quantitative estimate of drug-likeness (QED) is 0.821. The fourth-order valence-electron chi connectivity index (χ4n) is 2.99. The fourth-order valence-corrected chi connectivity index (χ4v) is 2.99. The lowest BCUT2D eigenvalue weighted by Crippen LogP contribution is -2.27. The van der Waals surface area contributed by atoms with Gasteiger partial charge in [0.15, 0.2) is 0 Å². The topological polar surface area (TPSA) is 29.5 Å². The summed E-state index contributed by atoms with van der Waals surface area (Å²) in [6.07, 6.45) is 5.42. The van der Waals surface area contributed by atoms with Gasteiger partial charge >= 0.3 is 0 Å². The Balaban J connectivity index is 1.65. The lowest BCUT2D eigenvalue weighted by atomic mass is 10.0. The van der Waals surface area contributed by atoms with E-state index in [2.05, 4.69) is 0 Å². The van der Waals surface area contributed by atoms with E-state index in [1.54, 1.807) is 24.1 Å². The highest BCUT2D eigenvalue weighted by Gasteiger charge is 2.32. The van der Waals surface area contributed by atoms with Gasteiger partial charge in [0.1, 0.15) is 11.6 Å². The number of hydrogen-bond donors (Lipinski definition) is 0. The van der Waals surface area contributed by atoms with E-state index in [-0.39, 0.29) is 17.6 Å². The van der Waals surface area contributed by atoms with Crippen molar-refractivity contribution in [2.24, 2.45) is 5.92 Å². The van der Waals surface area contributed by atoms with E-state index in [0.29, 0.717) is 18.7 Å². The number of carbonyl (C=O) groups excluding carboxylic acids is 1. The van der Waals surface area contributed by atoms with E-state index >= 15 is 0 Å². The summed E-state index contributed by atoms with van der Waals surface area (Å²) < 4.78 is 18.2. The van der Waals surface area contributed by atoms with Crippen LogP contribution in [0.3, 0.4) is 0 Å². The molecule has 0 aliphatic carbocycles. The van der Waals surface area contributed by atoms with Crippen molar-refractivity contribution >= 4 is 17.7 Å². The third kappa shape index (κ3) is 3.48. The molecular formula is C20H20FNO2. The summed E-state index contributed by atoms with van der Waals surface area (Å²) in [5, 5.41) is 0. The molecule has 1 aliphatic rings. The highest BCUT2D eigenvalue weighted by Crippen LogP contribution is 2.33. The van der Waals surface area contributed by atoms with Crippen LogP contribution in [0.15, 0.2) is 54.6 Å². The van der Waals surface area contributed by atoms with Gasteiger partial charge in [0, 0.05) is 12.5 Å². The van der Waals surface area contributed by atoms with Crippen molar-refractivity contribution in [3.63, 3.8) is 0 Å². The van der Waals surface area contributed by atoms with Crippen LogP contribution in [0.5, 0.6) is 5.75 Å². The molecule has 1 unspecified atom stereocenters. The zero-order valence-electron chi connectivity index (χ0n) is 13.6. The van der Waals surface area contributed by atoms with Crippen LogP contribution in [0.2, 0.25) is 0 Å². The first-order valence-electron chi connectivity index (χ1n) is 8.05. The smallest absolute Gasteiger partial charge is 0.230 e. The first-order valence-corrected chi connectivity index (χ1v) is 8.05. The first kappa shape index (κ1) is 16.2. The van der Waals surface area contributed by atoms with Crippen molar-refractivity contribution in [3.05, 3.63) is 66.0 Å². The van der Waals surface area contributed by atoms with E-state index < -0.39 is 0 Å². The summed E-state index contributed by atoms with van der Waals surface area (Å²) in [6, 6.07) is 13.9. The van der Waals surface area contributed by atoms with Crippen LogP contribution < -0.4 is 9.64 Å². The molecule has 0 N–H and O–H groups in total. The minimum Gasteiger partial charge on any atom is -0.495 e. The third-order valence-corrected chi connectivity index (χ3v) is 4.29. The van der Waals surface area contributed by atoms with Crippen molar-refractivity contribution in [2.45, 2.75) is 12.8 Å². The van der Waals surface area contributed by atoms with Gasteiger partial charge in [0.2, 0.25) is 5.91 Å². The Morgan fingerprint density at radius 2 is 1.96 bits per heavy atom. The number of hydrogen-bond acceptors (Lipinski definition) is 2. The second-order valence-electron chi connectivity index (χ2n) is 5.84. The summed E-state index contributed by atoms with van der Waals surface area (Å²) in [4.78, 5) is 14.4. The van der Waals surface area contributed by atoms with Crippen molar-refractivity contribution in [3.8, 4) is 5.75 Å².